The van der Waals surface area contributed by atoms with Gasteiger partial charge in [0.05, 0.1) is 10.8 Å². The number of halogens is 1. The van der Waals surface area contributed by atoms with Gasteiger partial charge in [-0.25, -0.2) is 0 Å². The molecular formula is C8H6ClNS. The van der Waals surface area contributed by atoms with Gasteiger partial charge < -0.3 is 0 Å². The van der Waals surface area contributed by atoms with Crippen LogP contribution in [0.4, 0.5) is 0 Å². The maximum atomic E-state index is 5.77. The number of aromatic nitrogens is 1. The molecule has 0 radical (unpaired) electrons. The molecule has 0 aromatic carbocycles. The molecule has 3 heteroatoms. The molecule has 0 saturated carbocycles. The van der Waals surface area contributed by atoms with Crippen LogP contribution in [0.2, 0.25) is 5.02 Å². The maximum absolute atomic E-state index is 5.77. The Hall–Kier alpha value is -0.650. The highest BCUT2D eigenvalue weighted by molar-refractivity contribution is 7.80. The number of hydrogen-bond donors (Lipinski definition) is 1. The highest BCUT2D eigenvalue weighted by Gasteiger charge is 1.92. The topological polar surface area (TPSA) is 12.9 Å². The Balaban J connectivity index is 2.95. The Morgan fingerprint density at radius 2 is 2.45 bits per heavy atom. The highest BCUT2D eigenvalue weighted by atomic mass is 35.5. The average molecular weight is 184 g/mol. The molecule has 0 N–H and O–H groups in total. The van der Waals surface area contributed by atoms with Crippen LogP contribution in [0, 0.1) is 11.8 Å². The SMILES string of the molecule is SCC#Cc1ccncc1Cl. The first kappa shape index (κ1) is 8.45. The largest absolute Gasteiger partial charge is 0.263 e. The molecule has 0 aliphatic heterocycles. The predicted molar refractivity (Wildman–Crippen MR) is 50.0 cm³/mol. The van der Waals surface area contributed by atoms with Crippen LogP contribution in [0.5, 0.6) is 0 Å². The zero-order chi connectivity index (χ0) is 8.10. The van der Waals surface area contributed by atoms with Gasteiger partial charge in [-0.05, 0) is 6.07 Å². The Morgan fingerprint density at radius 3 is 3.09 bits per heavy atom. The second-order valence-corrected chi connectivity index (χ2v) is 2.54. The summed E-state index contributed by atoms with van der Waals surface area (Å²) >= 11 is 9.72. The summed E-state index contributed by atoms with van der Waals surface area (Å²) in [5, 5.41) is 0.585. The third-order valence-electron chi connectivity index (χ3n) is 1.07. The second-order valence-electron chi connectivity index (χ2n) is 1.82. The molecule has 0 amide bonds. The third-order valence-corrected chi connectivity index (χ3v) is 1.53. The maximum Gasteiger partial charge on any atom is 0.0745 e. The molecule has 1 aromatic heterocycles. The molecule has 0 atom stereocenters. The summed E-state index contributed by atoms with van der Waals surface area (Å²) in [6, 6.07) is 1.78. The van der Waals surface area contributed by atoms with Gasteiger partial charge in [0.2, 0.25) is 0 Å². The van der Waals surface area contributed by atoms with Gasteiger partial charge in [-0.2, -0.15) is 12.6 Å². The van der Waals surface area contributed by atoms with Crippen molar-refractivity contribution in [2.45, 2.75) is 0 Å². The van der Waals surface area contributed by atoms with Gasteiger partial charge in [0.1, 0.15) is 0 Å². The van der Waals surface area contributed by atoms with E-state index in [0.717, 1.165) is 5.56 Å². The second kappa shape index (κ2) is 4.27. The van der Waals surface area contributed by atoms with Crippen LogP contribution in [0.15, 0.2) is 18.5 Å². The molecule has 0 spiro atoms. The van der Waals surface area contributed by atoms with E-state index in [1.54, 1.807) is 18.5 Å². The zero-order valence-electron chi connectivity index (χ0n) is 5.71. The number of thiol groups is 1. The van der Waals surface area contributed by atoms with E-state index >= 15 is 0 Å². The third kappa shape index (κ3) is 2.45. The van der Waals surface area contributed by atoms with Crippen LogP contribution in [-0.4, -0.2) is 10.7 Å². The fourth-order valence-corrected chi connectivity index (χ4v) is 0.857. The number of pyridine rings is 1. The van der Waals surface area contributed by atoms with E-state index in [9.17, 15) is 0 Å². The summed E-state index contributed by atoms with van der Waals surface area (Å²) in [6.07, 6.45) is 3.23. The zero-order valence-corrected chi connectivity index (χ0v) is 7.36. The monoisotopic (exact) mass is 183 g/mol. The molecule has 0 aliphatic rings. The molecule has 1 rings (SSSR count). The van der Waals surface area contributed by atoms with Crippen LogP contribution in [0.25, 0.3) is 0 Å². The molecule has 0 aliphatic carbocycles. The van der Waals surface area contributed by atoms with Gasteiger partial charge in [0.25, 0.3) is 0 Å². The van der Waals surface area contributed by atoms with Gasteiger partial charge in [-0.1, -0.05) is 23.4 Å². The van der Waals surface area contributed by atoms with Crippen molar-refractivity contribution in [1.82, 2.24) is 4.98 Å². The standard InChI is InChI=1S/C8H6ClNS/c9-8-6-10-4-3-7(8)2-1-5-11/h3-4,6,11H,5H2. The number of nitrogens with zero attached hydrogens (tertiary/aromatic N) is 1. The van der Waals surface area contributed by atoms with Crippen LogP contribution >= 0.6 is 24.2 Å². The molecule has 1 heterocycles. The van der Waals surface area contributed by atoms with Gasteiger partial charge in [0.15, 0.2) is 0 Å². The Bertz CT molecular complexity index is 300. The first-order valence-electron chi connectivity index (χ1n) is 3.04. The summed E-state index contributed by atoms with van der Waals surface area (Å²) in [5.74, 6) is 6.21. The molecule has 0 bridgehead atoms. The molecule has 1 nitrogen and oxygen atoms in total. The smallest absolute Gasteiger partial charge is 0.0745 e. The molecule has 1 aromatic rings. The molecule has 11 heavy (non-hydrogen) atoms. The Kier molecular flexibility index (Phi) is 3.28. The summed E-state index contributed by atoms with van der Waals surface area (Å²) < 4.78 is 0. The molecule has 0 saturated heterocycles. The fraction of sp³-hybridized carbons (Fsp3) is 0.125. The molecule has 56 valence electrons. The van der Waals surface area contributed by atoms with Crippen molar-refractivity contribution in [1.29, 1.82) is 0 Å². The van der Waals surface area contributed by atoms with E-state index in [-0.39, 0.29) is 0 Å². The first-order chi connectivity index (χ1) is 5.34. The fourth-order valence-electron chi connectivity index (χ4n) is 0.611. The summed E-state index contributed by atoms with van der Waals surface area (Å²) in [5.41, 5.74) is 0.802. The van der Waals surface area contributed by atoms with E-state index in [2.05, 4.69) is 29.5 Å². The van der Waals surface area contributed by atoms with Crippen molar-refractivity contribution >= 4 is 24.2 Å². The predicted octanol–water partition coefficient (Wildman–Crippen LogP) is 2.02. The van der Waals surface area contributed by atoms with Crippen LogP contribution in [-0.2, 0) is 0 Å². The van der Waals surface area contributed by atoms with Gasteiger partial charge in [-0.3, -0.25) is 4.98 Å². The van der Waals surface area contributed by atoms with Crippen molar-refractivity contribution in [3.8, 4) is 11.8 Å². The van der Waals surface area contributed by atoms with E-state index in [4.69, 9.17) is 11.6 Å². The number of hydrogen-bond acceptors (Lipinski definition) is 2. The van der Waals surface area contributed by atoms with Crippen molar-refractivity contribution < 1.29 is 0 Å². The van der Waals surface area contributed by atoms with Crippen LogP contribution < -0.4 is 0 Å². The Labute approximate surface area is 76.2 Å². The lowest BCUT2D eigenvalue weighted by Crippen LogP contribution is -1.78. The lowest BCUT2D eigenvalue weighted by molar-refractivity contribution is 1.32. The minimum atomic E-state index is 0.540. The lowest BCUT2D eigenvalue weighted by atomic mass is 10.3. The summed E-state index contributed by atoms with van der Waals surface area (Å²) in [4.78, 5) is 3.83. The average Bonchev–Trinajstić information content (AvgIpc) is 2.03. The minimum absolute atomic E-state index is 0.540. The van der Waals surface area contributed by atoms with Crippen LogP contribution in [0.3, 0.4) is 0 Å². The highest BCUT2D eigenvalue weighted by Crippen LogP contribution is 2.10. The van der Waals surface area contributed by atoms with Crippen molar-refractivity contribution in [3.63, 3.8) is 0 Å². The van der Waals surface area contributed by atoms with E-state index in [0.29, 0.717) is 10.8 Å². The van der Waals surface area contributed by atoms with E-state index in [1.807, 2.05) is 0 Å². The number of rotatable bonds is 0. The van der Waals surface area contributed by atoms with E-state index in [1.165, 1.54) is 0 Å². The molecule has 0 fully saturated rings. The van der Waals surface area contributed by atoms with Gasteiger partial charge in [0, 0.05) is 18.0 Å². The minimum Gasteiger partial charge on any atom is -0.263 e. The van der Waals surface area contributed by atoms with Gasteiger partial charge >= 0.3 is 0 Å². The molecule has 0 unspecified atom stereocenters. The lowest BCUT2D eigenvalue weighted by Gasteiger charge is -1.90. The summed E-state index contributed by atoms with van der Waals surface area (Å²) in [7, 11) is 0. The van der Waals surface area contributed by atoms with Gasteiger partial charge in [-0.15, -0.1) is 0 Å². The van der Waals surface area contributed by atoms with Crippen molar-refractivity contribution in [3.05, 3.63) is 29.0 Å². The van der Waals surface area contributed by atoms with Crippen LogP contribution in [0.1, 0.15) is 5.56 Å². The quantitative estimate of drug-likeness (QED) is 0.480. The van der Waals surface area contributed by atoms with Crippen molar-refractivity contribution in [2.75, 3.05) is 5.75 Å². The first-order valence-corrected chi connectivity index (χ1v) is 4.05. The normalized spacial score (nSPS) is 8.55. The molecular weight excluding hydrogens is 178 g/mol. The van der Waals surface area contributed by atoms with E-state index < -0.39 is 0 Å². The summed E-state index contributed by atoms with van der Waals surface area (Å²) in [6.45, 7) is 0. The van der Waals surface area contributed by atoms with Crippen molar-refractivity contribution in [2.24, 2.45) is 0 Å². The Morgan fingerprint density at radius 1 is 1.64 bits per heavy atom.